The molecule has 2 aromatic carbocycles. The number of benzene rings is 2. The average Bonchev–Trinajstić information content (AvgIpc) is 3.30. The van der Waals surface area contributed by atoms with Crippen molar-refractivity contribution in [1.29, 1.82) is 0 Å². The lowest BCUT2D eigenvalue weighted by molar-refractivity contribution is 0.228. The molecule has 1 unspecified atom stereocenters. The summed E-state index contributed by atoms with van der Waals surface area (Å²) in [5.74, 6) is 0. The number of hydrogen-bond acceptors (Lipinski definition) is 4. The van der Waals surface area contributed by atoms with E-state index < -0.39 is 6.10 Å². The van der Waals surface area contributed by atoms with Gasteiger partial charge in [-0.05, 0) is 54.3 Å². The largest absolute Gasteiger partial charge is 0.384 e. The quantitative estimate of drug-likeness (QED) is 0.317. The Morgan fingerprint density at radius 2 is 1.97 bits per heavy atom. The van der Waals surface area contributed by atoms with Gasteiger partial charge < -0.3 is 5.11 Å². The van der Waals surface area contributed by atoms with E-state index in [4.69, 9.17) is 23.2 Å². The molecule has 2 heterocycles. The third-order valence-corrected chi connectivity index (χ3v) is 5.54. The maximum absolute atomic E-state index is 10.3. The Morgan fingerprint density at radius 3 is 2.67 bits per heavy atom. The van der Waals surface area contributed by atoms with E-state index in [-0.39, 0.29) is 0 Å². The molecule has 0 bridgehead atoms. The van der Waals surface area contributed by atoms with Gasteiger partial charge in [-0.25, -0.2) is 9.67 Å². The lowest BCUT2D eigenvalue weighted by atomic mass is 10.0. The molecule has 0 fully saturated rings. The minimum absolute atomic E-state index is 0.368. The number of aliphatic hydroxyl groups excluding tert-OH is 1. The summed E-state index contributed by atoms with van der Waals surface area (Å²) < 4.78 is 1.80. The zero-order valence-electron chi connectivity index (χ0n) is 15.9. The minimum Gasteiger partial charge on any atom is -0.384 e. The molecule has 0 aliphatic heterocycles. The van der Waals surface area contributed by atoms with Crippen LogP contribution in [-0.4, -0.2) is 26.6 Å². The molecule has 0 spiro atoms. The molecule has 0 aliphatic rings. The van der Waals surface area contributed by atoms with Crippen LogP contribution < -0.4 is 0 Å². The SMILES string of the molecule is C=N/C=C/C(O)c1ccc2nc(Cl)c(Cc3ccc(-n4cccn4)cc3)c(Cl)c2c1. The molecule has 5 nitrogen and oxygen atoms in total. The van der Waals surface area contributed by atoms with Crippen molar-refractivity contribution in [3.05, 3.63) is 100 Å². The Balaban J connectivity index is 1.68. The van der Waals surface area contributed by atoms with Crippen molar-refractivity contribution < 1.29 is 5.11 Å². The second kappa shape index (κ2) is 8.79. The highest BCUT2D eigenvalue weighted by Crippen LogP contribution is 2.34. The van der Waals surface area contributed by atoms with E-state index in [0.717, 1.165) is 22.2 Å². The van der Waals surface area contributed by atoms with E-state index in [9.17, 15) is 5.11 Å². The Hall–Kier alpha value is -2.99. The van der Waals surface area contributed by atoms with E-state index in [1.165, 1.54) is 6.20 Å². The second-order valence-corrected chi connectivity index (χ2v) is 7.47. The van der Waals surface area contributed by atoms with Crippen LogP contribution in [0.4, 0.5) is 0 Å². The third kappa shape index (κ3) is 4.14. The topological polar surface area (TPSA) is 63.3 Å². The van der Waals surface area contributed by atoms with Crippen molar-refractivity contribution >= 4 is 40.8 Å². The van der Waals surface area contributed by atoms with Crippen LogP contribution in [0.2, 0.25) is 10.2 Å². The number of nitrogens with zero attached hydrogens (tertiary/aromatic N) is 4. The number of pyridine rings is 1. The van der Waals surface area contributed by atoms with Crippen LogP contribution in [0.1, 0.15) is 22.8 Å². The molecule has 30 heavy (non-hydrogen) atoms. The molecule has 1 N–H and O–H groups in total. The Morgan fingerprint density at radius 1 is 1.17 bits per heavy atom. The van der Waals surface area contributed by atoms with Gasteiger partial charge in [0.1, 0.15) is 5.15 Å². The number of hydrogen-bond donors (Lipinski definition) is 1. The number of rotatable bonds is 6. The summed E-state index contributed by atoms with van der Waals surface area (Å²) in [7, 11) is 0. The van der Waals surface area contributed by atoms with Crippen LogP contribution >= 0.6 is 23.2 Å². The first-order valence-electron chi connectivity index (χ1n) is 9.24. The summed E-state index contributed by atoms with van der Waals surface area (Å²) in [5.41, 5.74) is 4.12. The fraction of sp³-hybridized carbons (Fsp3) is 0.0870. The third-order valence-electron chi connectivity index (χ3n) is 4.79. The average molecular weight is 437 g/mol. The zero-order chi connectivity index (χ0) is 21.1. The monoisotopic (exact) mass is 436 g/mol. The van der Waals surface area contributed by atoms with Crippen LogP contribution in [0.5, 0.6) is 0 Å². The predicted octanol–water partition coefficient (Wildman–Crippen LogP) is 5.57. The van der Waals surface area contributed by atoms with Crippen molar-refractivity contribution in [1.82, 2.24) is 14.8 Å². The molecule has 0 saturated carbocycles. The maximum Gasteiger partial charge on any atom is 0.134 e. The van der Waals surface area contributed by atoms with Gasteiger partial charge in [-0.2, -0.15) is 5.10 Å². The maximum atomic E-state index is 10.3. The fourth-order valence-corrected chi connectivity index (χ4v) is 3.84. The molecule has 1 atom stereocenters. The van der Waals surface area contributed by atoms with Crippen molar-refractivity contribution in [2.45, 2.75) is 12.5 Å². The molecule has 0 saturated heterocycles. The smallest absolute Gasteiger partial charge is 0.134 e. The highest BCUT2D eigenvalue weighted by Gasteiger charge is 2.15. The first-order chi connectivity index (χ1) is 14.6. The Bertz CT molecular complexity index is 1220. The normalized spacial score (nSPS) is 12.5. The molecule has 7 heteroatoms. The Kier molecular flexibility index (Phi) is 5.95. The van der Waals surface area contributed by atoms with E-state index in [2.05, 4.69) is 21.8 Å². The van der Waals surface area contributed by atoms with Gasteiger partial charge in [-0.3, -0.25) is 4.99 Å². The molecular formula is C23H18Cl2N4O. The van der Waals surface area contributed by atoms with Gasteiger partial charge >= 0.3 is 0 Å². The molecule has 0 aliphatic carbocycles. The molecule has 4 aromatic rings. The molecule has 2 aromatic heterocycles. The van der Waals surface area contributed by atoms with Crippen molar-refractivity contribution in [2.75, 3.05) is 0 Å². The van der Waals surface area contributed by atoms with E-state index in [0.29, 0.717) is 27.7 Å². The van der Waals surface area contributed by atoms with Crippen LogP contribution in [-0.2, 0) is 6.42 Å². The minimum atomic E-state index is -0.815. The lowest BCUT2D eigenvalue weighted by Gasteiger charge is -2.13. The number of aromatic nitrogens is 3. The number of aliphatic hydroxyl groups is 1. The zero-order valence-corrected chi connectivity index (χ0v) is 17.4. The van der Waals surface area contributed by atoms with Gasteiger partial charge in [-0.1, -0.05) is 41.4 Å². The summed E-state index contributed by atoms with van der Waals surface area (Å²) >= 11 is 13.2. The fourth-order valence-electron chi connectivity index (χ4n) is 3.23. The van der Waals surface area contributed by atoms with Gasteiger partial charge in [0.2, 0.25) is 0 Å². The van der Waals surface area contributed by atoms with Crippen molar-refractivity contribution in [3.63, 3.8) is 0 Å². The molecule has 150 valence electrons. The van der Waals surface area contributed by atoms with Crippen LogP contribution in [0.15, 0.2) is 78.2 Å². The van der Waals surface area contributed by atoms with Crippen molar-refractivity contribution in [2.24, 2.45) is 4.99 Å². The van der Waals surface area contributed by atoms with Crippen LogP contribution in [0.3, 0.4) is 0 Å². The molecule has 0 radical (unpaired) electrons. The highest BCUT2D eigenvalue weighted by molar-refractivity contribution is 6.39. The van der Waals surface area contributed by atoms with Gasteiger partial charge in [-0.15, -0.1) is 0 Å². The van der Waals surface area contributed by atoms with E-state index in [1.807, 2.05) is 42.6 Å². The van der Waals surface area contributed by atoms with Crippen LogP contribution in [0, 0.1) is 0 Å². The molecular weight excluding hydrogens is 419 g/mol. The molecule has 4 rings (SSSR count). The highest BCUT2D eigenvalue weighted by atomic mass is 35.5. The summed E-state index contributed by atoms with van der Waals surface area (Å²) in [6, 6.07) is 15.3. The summed E-state index contributed by atoms with van der Waals surface area (Å²) in [6.07, 6.45) is 6.35. The first kappa shape index (κ1) is 20.3. The van der Waals surface area contributed by atoms with Gasteiger partial charge in [0.15, 0.2) is 0 Å². The second-order valence-electron chi connectivity index (χ2n) is 6.73. The summed E-state index contributed by atoms with van der Waals surface area (Å²) in [5, 5.41) is 16.2. The number of fused-ring (bicyclic) bond motifs is 1. The number of halogens is 2. The lowest BCUT2D eigenvalue weighted by Crippen LogP contribution is -1.98. The van der Waals surface area contributed by atoms with Crippen LogP contribution in [0.25, 0.3) is 16.6 Å². The standard InChI is InChI=1S/C23H18Cl2N4O/c1-26-11-9-21(30)16-5-8-20-18(14-16)22(24)19(23(25)28-20)13-15-3-6-17(7-4-15)29-12-2-10-27-29/h2-12,14,21,30H,1,13H2/b11-9+. The summed E-state index contributed by atoms with van der Waals surface area (Å²) in [6.45, 7) is 3.37. The van der Waals surface area contributed by atoms with Gasteiger partial charge in [0.25, 0.3) is 0 Å². The Labute approximate surface area is 183 Å². The van der Waals surface area contributed by atoms with Gasteiger partial charge in [0.05, 0.1) is 22.3 Å². The molecule has 0 amide bonds. The van der Waals surface area contributed by atoms with E-state index in [1.54, 1.807) is 29.1 Å². The van der Waals surface area contributed by atoms with Gasteiger partial charge in [0, 0.05) is 36.0 Å². The van der Waals surface area contributed by atoms with E-state index >= 15 is 0 Å². The van der Waals surface area contributed by atoms with Crippen molar-refractivity contribution in [3.8, 4) is 5.69 Å². The predicted molar refractivity (Wildman–Crippen MR) is 122 cm³/mol. The first-order valence-corrected chi connectivity index (χ1v) is 9.99. The number of aliphatic imine (C=N–C) groups is 1. The summed E-state index contributed by atoms with van der Waals surface area (Å²) in [4.78, 5) is 8.12.